The van der Waals surface area contributed by atoms with Gasteiger partial charge in [-0.05, 0) is 55.0 Å². The monoisotopic (exact) mass is 373 g/mol. The maximum atomic E-state index is 12.5. The van der Waals surface area contributed by atoms with Crippen molar-refractivity contribution >= 4 is 11.8 Å². The van der Waals surface area contributed by atoms with Gasteiger partial charge >= 0.3 is 0 Å². The van der Waals surface area contributed by atoms with E-state index < -0.39 is 5.76 Å². The number of hydrogen-bond donors (Lipinski definition) is 0. The lowest BCUT2D eigenvalue weighted by Gasteiger charge is -2.06. The van der Waals surface area contributed by atoms with Gasteiger partial charge in [-0.15, -0.1) is 0 Å². The summed E-state index contributed by atoms with van der Waals surface area (Å²) in [5.41, 5.74) is 3.15. The molecule has 4 rings (SSSR count). The number of nitrogens with zero attached hydrogens (tertiary/aromatic N) is 2. The SMILES string of the molecule is COc1ccc(-n2c(-c3ccc(SC(F)F)cc3)c[n+]3c2CCC3)cc1. The highest BCUT2D eigenvalue weighted by Crippen LogP contribution is 2.31. The van der Waals surface area contributed by atoms with Crippen LogP contribution in [0.3, 0.4) is 0 Å². The first-order valence-corrected chi connectivity index (χ1v) is 9.37. The topological polar surface area (TPSA) is 18.0 Å². The van der Waals surface area contributed by atoms with Crippen LogP contribution in [0.1, 0.15) is 12.2 Å². The summed E-state index contributed by atoms with van der Waals surface area (Å²) in [6.07, 6.45) is 4.31. The smallest absolute Gasteiger partial charge is 0.288 e. The zero-order chi connectivity index (χ0) is 18.1. The number of ether oxygens (including phenoxy) is 1. The molecule has 1 aliphatic rings. The van der Waals surface area contributed by atoms with E-state index in [4.69, 9.17) is 4.74 Å². The molecule has 0 saturated carbocycles. The van der Waals surface area contributed by atoms with E-state index in [1.165, 1.54) is 5.82 Å². The van der Waals surface area contributed by atoms with Crippen LogP contribution >= 0.6 is 11.8 Å². The number of halogens is 2. The van der Waals surface area contributed by atoms with Gasteiger partial charge in [0.25, 0.3) is 11.6 Å². The summed E-state index contributed by atoms with van der Waals surface area (Å²) >= 11 is 0.572. The predicted octanol–water partition coefficient (Wildman–Crippen LogP) is 4.70. The fraction of sp³-hybridized carbons (Fsp3) is 0.250. The Hall–Kier alpha value is -2.34. The van der Waals surface area contributed by atoms with Crippen LogP contribution in [0, 0.1) is 0 Å². The molecule has 6 heteroatoms. The summed E-state index contributed by atoms with van der Waals surface area (Å²) in [6, 6.07) is 15.3. The second-order valence-electron chi connectivity index (χ2n) is 6.16. The molecule has 26 heavy (non-hydrogen) atoms. The van der Waals surface area contributed by atoms with Crippen LogP contribution in [0.25, 0.3) is 16.9 Å². The Morgan fingerprint density at radius 2 is 1.81 bits per heavy atom. The van der Waals surface area contributed by atoms with Gasteiger partial charge in [-0.3, -0.25) is 0 Å². The van der Waals surface area contributed by atoms with Crippen molar-refractivity contribution in [3.8, 4) is 22.7 Å². The van der Waals surface area contributed by atoms with Crippen molar-refractivity contribution in [1.29, 1.82) is 0 Å². The van der Waals surface area contributed by atoms with Crippen molar-refractivity contribution in [2.75, 3.05) is 7.11 Å². The number of imidazole rings is 1. The van der Waals surface area contributed by atoms with Gasteiger partial charge in [0.15, 0.2) is 5.69 Å². The highest BCUT2D eigenvalue weighted by Gasteiger charge is 2.29. The van der Waals surface area contributed by atoms with Crippen LogP contribution in [-0.2, 0) is 13.0 Å². The first-order valence-electron chi connectivity index (χ1n) is 8.49. The summed E-state index contributed by atoms with van der Waals surface area (Å²) in [4.78, 5) is 0.575. The Kier molecular flexibility index (Phi) is 4.68. The summed E-state index contributed by atoms with van der Waals surface area (Å²) in [5, 5.41) is 0. The number of aromatic nitrogens is 2. The molecule has 0 saturated heterocycles. The molecule has 134 valence electrons. The van der Waals surface area contributed by atoms with E-state index in [1.807, 2.05) is 36.4 Å². The van der Waals surface area contributed by atoms with E-state index in [9.17, 15) is 8.78 Å². The number of aryl methyl sites for hydroxylation is 1. The molecule has 0 amide bonds. The number of fused-ring (bicyclic) bond motifs is 1. The first-order chi connectivity index (χ1) is 12.7. The first kappa shape index (κ1) is 17.1. The molecule has 0 bridgehead atoms. The molecule has 0 fully saturated rings. The van der Waals surface area contributed by atoms with Gasteiger partial charge < -0.3 is 4.74 Å². The van der Waals surface area contributed by atoms with Crippen LogP contribution in [-0.4, -0.2) is 17.4 Å². The minimum Gasteiger partial charge on any atom is -0.497 e. The van der Waals surface area contributed by atoms with Gasteiger partial charge in [-0.1, -0.05) is 11.8 Å². The van der Waals surface area contributed by atoms with E-state index >= 15 is 0 Å². The van der Waals surface area contributed by atoms with Gasteiger partial charge in [-0.25, -0.2) is 4.57 Å². The van der Waals surface area contributed by atoms with E-state index in [0.717, 1.165) is 42.1 Å². The third-order valence-corrected chi connectivity index (χ3v) is 5.34. The number of rotatable bonds is 5. The summed E-state index contributed by atoms with van der Waals surface area (Å²) in [6.45, 7) is 1.00. The van der Waals surface area contributed by atoms with Crippen molar-refractivity contribution in [2.45, 2.75) is 30.0 Å². The Bertz CT molecular complexity index is 905. The normalized spacial score (nSPS) is 13.2. The maximum Gasteiger partial charge on any atom is 0.288 e. The molecule has 0 atom stereocenters. The van der Waals surface area contributed by atoms with Gasteiger partial charge in [0.05, 0.1) is 20.1 Å². The molecular formula is C20H19F2N2OS+. The van der Waals surface area contributed by atoms with Crippen molar-refractivity contribution < 1.29 is 18.1 Å². The standard InChI is InChI=1S/C20H19F2N2OS/c1-25-16-8-6-15(7-9-16)24-18(13-23-12-2-3-19(23)24)14-4-10-17(11-5-14)26-20(21)22/h4-11,13,20H,2-3,12H2,1H3/q+1. The largest absolute Gasteiger partial charge is 0.497 e. The Balaban J connectivity index is 1.76. The Morgan fingerprint density at radius 3 is 2.46 bits per heavy atom. The van der Waals surface area contributed by atoms with Crippen molar-refractivity contribution in [2.24, 2.45) is 0 Å². The third kappa shape index (κ3) is 3.21. The van der Waals surface area contributed by atoms with E-state index in [2.05, 4.69) is 15.3 Å². The zero-order valence-electron chi connectivity index (χ0n) is 14.4. The van der Waals surface area contributed by atoms with E-state index in [-0.39, 0.29) is 0 Å². The number of alkyl halides is 2. The van der Waals surface area contributed by atoms with Gasteiger partial charge in [0.1, 0.15) is 17.6 Å². The average molecular weight is 373 g/mol. The van der Waals surface area contributed by atoms with Crippen molar-refractivity contribution in [3.63, 3.8) is 0 Å². The summed E-state index contributed by atoms with van der Waals surface area (Å²) in [5.74, 6) is -0.320. The molecule has 0 aliphatic carbocycles. The van der Waals surface area contributed by atoms with Crippen LogP contribution in [0.15, 0.2) is 59.6 Å². The molecule has 1 aromatic heterocycles. The number of methoxy groups -OCH3 is 1. The molecule has 3 aromatic rings. The van der Waals surface area contributed by atoms with E-state index in [1.54, 1.807) is 19.2 Å². The summed E-state index contributed by atoms with van der Waals surface area (Å²) in [7, 11) is 1.66. The highest BCUT2D eigenvalue weighted by atomic mass is 32.2. The molecular weight excluding hydrogens is 354 g/mol. The molecule has 0 unspecified atom stereocenters. The fourth-order valence-electron chi connectivity index (χ4n) is 3.43. The average Bonchev–Trinajstić information content (AvgIpc) is 3.23. The number of hydrogen-bond acceptors (Lipinski definition) is 2. The molecule has 1 aliphatic heterocycles. The maximum absolute atomic E-state index is 12.5. The molecule has 0 radical (unpaired) electrons. The van der Waals surface area contributed by atoms with Crippen LogP contribution < -0.4 is 9.30 Å². The van der Waals surface area contributed by atoms with Crippen molar-refractivity contribution in [1.82, 2.24) is 4.57 Å². The minimum atomic E-state index is -2.40. The molecule has 3 nitrogen and oxygen atoms in total. The van der Waals surface area contributed by atoms with Gasteiger partial charge in [0.2, 0.25) is 0 Å². The minimum absolute atomic E-state index is 0.572. The molecule has 2 heterocycles. The van der Waals surface area contributed by atoms with Crippen LogP contribution in [0.5, 0.6) is 5.75 Å². The second kappa shape index (κ2) is 7.11. The molecule has 2 aromatic carbocycles. The quantitative estimate of drug-likeness (QED) is 0.477. The van der Waals surface area contributed by atoms with E-state index in [0.29, 0.717) is 16.7 Å². The molecule has 0 spiro atoms. The van der Waals surface area contributed by atoms with Crippen LogP contribution in [0.4, 0.5) is 8.78 Å². The van der Waals surface area contributed by atoms with Crippen molar-refractivity contribution in [3.05, 3.63) is 60.6 Å². The summed E-state index contributed by atoms with van der Waals surface area (Å²) < 4.78 is 34.9. The number of thioether (sulfide) groups is 1. The zero-order valence-corrected chi connectivity index (χ0v) is 15.2. The van der Waals surface area contributed by atoms with Gasteiger partial charge in [0, 0.05) is 10.5 Å². The molecule has 0 N–H and O–H groups in total. The Morgan fingerprint density at radius 1 is 1.08 bits per heavy atom. The lowest BCUT2D eigenvalue weighted by atomic mass is 10.1. The van der Waals surface area contributed by atoms with Gasteiger partial charge in [-0.2, -0.15) is 13.3 Å². The fourth-order valence-corrected chi connectivity index (χ4v) is 3.93. The Labute approximate surface area is 155 Å². The predicted molar refractivity (Wildman–Crippen MR) is 98.1 cm³/mol. The second-order valence-corrected chi connectivity index (χ2v) is 7.23. The van der Waals surface area contributed by atoms with Crippen LogP contribution in [0.2, 0.25) is 0 Å². The lowest BCUT2D eigenvalue weighted by Crippen LogP contribution is -2.30. The lowest BCUT2D eigenvalue weighted by molar-refractivity contribution is -0.689. The third-order valence-electron chi connectivity index (χ3n) is 4.61. The highest BCUT2D eigenvalue weighted by molar-refractivity contribution is 7.99. The number of benzene rings is 2.